The van der Waals surface area contributed by atoms with Crippen LogP contribution in [0.15, 0.2) is 59.6 Å². The van der Waals surface area contributed by atoms with Crippen LogP contribution in [0.1, 0.15) is 19.4 Å². The quantitative estimate of drug-likeness (QED) is 0.697. The van der Waals surface area contributed by atoms with Gasteiger partial charge in [0, 0.05) is 17.7 Å². The molecule has 1 aliphatic rings. The second-order valence-corrected chi connectivity index (χ2v) is 4.21. The number of non-ortho nitro benzene ring substituents is 1. The number of nitrogens with zero attached hydrogens (tertiary/aromatic N) is 2. The van der Waals surface area contributed by atoms with E-state index >= 15 is 0 Å². The van der Waals surface area contributed by atoms with Crippen molar-refractivity contribution in [1.82, 2.24) is 0 Å². The molecule has 0 unspecified atom stereocenters. The highest BCUT2D eigenvalue weighted by Crippen LogP contribution is 2.19. The minimum absolute atomic E-state index is 0.151. The van der Waals surface area contributed by atoms with Gasteiger partial charge in [-0.2, -0.15) is 5.10 Å². The third-order valence-corrected chi connectivity index (χ3v) is 2.82. The van der Waals surface area contributed by atoms with Gasteiger partial charge in [-0.1, -0.05) is 30.2 Å². The number of fused-ring (bicyclic) bond motifs is 1. The normalized spacial score (nSPS) is 19.5. The van der Waals surface area contributed by atoms with Gasteiger partial charge in [-0.25, -0.2) is 0 Å². The van der Waals surface area contributed by atoms with Crippen molar-refractivity contribution < 1.29 is 17.9 Å². The van der Waals surface area contributed by atoms with E-state index in [2.05, 4.69) is 10.5 Å². The molecule has 0 aliphatic heterocycles. The molecule has 0 fully saturated rings. The van der Waals surface area contributed by atoms with E-state index in [9.17, 15) is 14.9 Å². The van der Waals surface area contributed by atoms with E-state index in [0.29, 0.717) is 0 Å². The molecule has 0 aromatic heterocycles. The number of carbonyl (C=O) groups excluding carboxylic acids is 1. The fraction of sp³-hybridized carbons (Fsp3) is 0. The summed E-state index contributed by atoms with van der Waals surface area (Å²) in [4.78, 5) is 22.6. The number of benzene rings is 2. The van der Waals surface area contributed by atoms with Gasteiger partial charge in [-0.15, -0.1) is 0 Å². The molecule has 0 saturated heterocycles. The predicted octanol–water partition coefficient (Wildman–Crippen LogP) is 3.01. The molecule has 22 heavy (non-hydrogen) atoms. The van der Waals surface area contributed by atoms with E-state index < -0.39 is 52.7 Å². The van der Waals surface area contributed by atoms with E-state index in [1.165, 1.54) is 24.3 Å². The number of rotatable bonds is 3. The van der Waals surface area contributed by atoms with E-state index in [0.717, 1.165) is 0 Å². The molecule has 2 aromatic rings. The van der Waals surface area contributed by atoms with Gasteiger partial charge < -0.3 is 0 Å². The van der Waals surface area contributed by atoms with E-state index in [4.69, 9.17) is 8.22 Å². The van der Waals surface area contributed by atoms with Crippen molar-refractivity contribution in [1.29, 1.82) is 0 Å². The Hall–Kier alpha value is -3.28. The Bertz CT molecular complexity index is 1100. The molecule has 0 amide bonds. The highest BCUT2D eigenvalue weighted by Gasteiger charge is 2.18. The number of nitro benzene ring substituents is 1. The third-order valence-electron chi connectivity index (χ3n) is 2.82. The summed E-state index contributed by atoms with van der Waals surface area (Å²) in [5, 5.41) is 14.6. The largest absolute Gasteiger partial charge is 0.287 e. The first-order valence-corrected chi connectivity index (χ1v) is 6.06. The number of ketones is 1. The lowest BCUT2D eigenvalue weighted by Gasteiger charge is -2.12. The molecule has 6 nitrogen and oxygen atoms in total. The summed E-state index contributed by atoms with van der Waals surface area (Å²) in [6.07, 6.45) is 0. The summed E-state index contributed by atoms with van der Waals surface area (Å²) in [6.45, 7) is 0. The number of hydrogen-bond acceptors (Lipinski definition) is 5. The van der Waals surface area contributed by atoms with Crippen molar-refractivity contribution >= 4 is 28.9 Å². The monoisotopic (exact) mass is 299 g/mol. The van der Waals surface area contributed by atoms with Crippen LogP contribution in [0.3, 0.4) is 0 Å². The van der Waals surface area contributed by atoms with Crippen LogP contribution >= 0.6 is 0 Å². The van der Waals surface area contributed by atoms with Gasteiger partial charge in [-0.3, -0.25) is 20.3 Å². The fourth-order valence-corrected chi connectivity index (χ4v) is 1.76. The average Bonchev–Trinajstić information content (AvgIpc) is 2.68. The maximum absolute atomic E-state index is 12.4. The summed E-state index contributed by atoms with van der Waals surface area (Å²) in [7, 11) is 0. The number of nitrogens with one attached hydrogen (secondary N) is 1. The zero-order chi connectivity index (χ0) is 20.7. The van der Waals surface area contributed by atoms with Crippen LogP contribution in [0.2, 0.25) is 0 Å². The Morgan fingerprint density at radius 1 is 1.14 bits per heavy atom. The van der Waals surface area contributed by atoms with Gasteiger partial charge in [0.25, 0.3) is 5.69 Å². The third kappa shape index (κ3) is 2.62. The maximum atomic E-state index is 12.4. The summed E-state index contributed by atoms with van der Waals surface area (Å²) >= 11 is 0. The fourth-order valence-electron chi connectivity index (χ4n) is 1.76. The van der Waals surface area contributed by atoms with Crippen molar-refractivity contribution in [3.05, 3.63) is 75.7 Å². The lowest BCUT2D eigenvalue weighted by Crippen LogP contribution is -2.19. The number of nitro groups is 1. The molecule has 0 bridgehead atoms. The molecular weight excluding hydrogens is 282 g/mol. The van der Waals surface area contributed by atoms with Gasteiger partial charge in [0.15, 0.2) is 0 Å². The zero-order valence-corrected chi connectivity index (χ0v) is 10.9. The molecule has 108 valence electrons. The second kappa shape index (κ2) is 5.61. The predicted molar refractivity (Wildman–Crippen MR) is 83.7 cm³/mol. The van der Waals surface area contributed by atoms with Crippen molar-refractivity contribution in [3.63, 3.8) is 0 Å². The highest BCUT2D eigenvalue weighted by atomic mass is 16.6. The van der Waals surface area contributed by atoms with Crippen LogP contribution in [0.5, 0.6) is 0 Å². The van der Waals surface area contributed by atoms with Crippen LogP contribution in [0.25, 0.3) is 6.05 Å². The first kappa shape index (κ1) is 8.23. The van der Waals surface area contributed by atoms with Crippen molar-refractivity contribution in [2.45, 2.75) is 0 Å². The highest BCUT2D eigenvalue weighted by molar-refractivity contribution is 6.52. The molecule has 0 spiro atoms. The van der Waals surface area contributed by atoms with Crippen LogP contribution in [0.4, 0.5) is 11.4 Å². The first-order valence-electron chi connectivity index (χ1n) is 9.06. The van der Waals surface area contributed by atoms with Crippen LogP contribution < -0.4 is 5.43 Å². The van der Waals surface area contributed by atoms with Crippen LogP contribution in [0, 0.1) is 10.1 Å². The molecule has 1 aliphatic carbocycles. The van der Waals surface area contributed by atoms with Crippen LogP contribution in [-0.2, 0) is 4.79 Å². The SMILES string of the molecule is [2H]C1=C([2H])c2c([2H])c([2H])c([2H])c([2H])c2/C(=N/Nc2ccc([N+](=O)[O-])cc2)C1=O. The Morgan fingerprint density at radius 3 is 2.59 bits per heavy atom. The Kier molecular flexibility index (Phi) is 2.10. The van der Waals surface area contributed by atoms with Gasteiger partial charge >= 0.3 is 0 Å². The van der Waals surface area contributed by atoms with Crippen molar-refractivity contribution in [3.8, 4) is 0 Å². The summed E-state index contributed by atoms with van der Waals surface area (Å²) in [5.41, 5.74) is 1.63. The number of hydrogen-bond donors (Lipinski definition) is 1. The second-order valence-electron chi connectivity index (χ2n) is 4.21. The zero-order valence-electron chi connectivity index (χ0n) is 16.9. The first-order chi connectivity index (χ1) is 13.1. The maximum Gasteiger partial charge on any atom is 0.269 e. The molecule has 2 aromatic carbocycles. The number of carbonyl (C=O) groups is 1. The minimum Gasteiger partial charge on any atom is -0.287 e. The van der Waals surface area contributed by atoms with E-state index in [1.807, 2.05) is 0 Å². The molecule has 3 rings (SSSR count). The number of allylic oxidation sites excluding steroid dienone is 1. The lowest BCUT2D eigenvalue weighted by atomic mass is 9.95. The molecule has 0 saturated carbocycles. The van der Waals surface area contributed by atoms with Gasteiger partial charge in [0.2, 0.25) is 5.78 Å². The topological polar surface area (TPSA) is 84.6 Å². The Labute approximate surface area is 134 Å². The molecule has 6 heteroatoms. The van der Waals surface area contributed by atoms with Gasteiger partial charge in [0.05, 0.1) is 18.8 Å². The summed E-state index contributed by atoms with van der Waals surface area (Å²) < 4.78 is 47.3. The van der Waals surface area contributed by atoms with E-state index in [-0.39, 0.29) is 22.5 Å². The average molecular weight is 299 g/mol. The lowest BCUT2D eigenvalue weighted by molar-refractivity contribution is -0.384. The molecule has 0 heterocycles. The molecule has 0 radical (unpaired) electrons. The summed E-state index contributed by atoms with van der Waals surface area (Å²) in [6, 6.07) is 1.47. The minimum atomic E-state index is -0.975. The molecular formula is C16H11N3O3. The molecule has 1 N–H and O–H groups in total. The summed E-state index contributed by atoms with van der Waals surface area (Å²) in [5.74, 6) is -0.975. The Balaban J connectivity index is 2.14. The van der Waals surface area contributed by atoms with Crippen LogP contribution in [-0.4, -0.2) is 16.4 Å². The van der Waals surface area contributed by atoms with Crippen molar-refractivity contribution in [2.75, 3.05) is 5.43 Å². The standard InChI is InChI=1S/C16H11N3O3/c20-15-10-5-11-3-1-2-4-14(11)16(15)18-17-12-6-8-13(9-7-12)19(21)22/h1-10,17H/b18-16-/i1D,2D,3D,4D,5D,10D. The molecule has 0 atom stereocenters. The van der Waals surface area contributed by atoms with E-state index in [1.54, 1.807) is 0 Å². The number of anilines is 1. The Morgan fingerprint density at radius 2 is 1.86 bits per heavy atom. The number of hydrazone groups is 1. The smallest absolute Gasteiger partial charge is 0.269 e. The van der Waals surface area contributed by atoms with Gasteiger partial charge in [0.1, 0.15) is 5.71 Å². The van der Waals surface area contributed by atoms with Crippen molar-refractivity contribution in [2.24, 2.45) is 5.10 Å². The van der Waals surface area contributed by atoms with Gasteiger partial charge in [-0.05, 0) is 23.7 Å².